The molecule has 1 unspecified atom stereocenters. The Morgan fingerprint density at radius 3 is 2.65 bits per heavy atom. The number of carbonyl (C=O) groups excluding carboxylic acids is 1. The van der Waals surface area contributed by atoms with E-state index in [1.54, 1.807) is 32.2 Å². The summed E-state index contributed by atoms with van der Waals surface area (Å²) in [5.41, 5.74) is 5.07. The molecule has 1 atom stereocenters. The van der Waals surface area contributed by atoms with Crippen LogP contribution in [0.25, 0.3) is 15.8 Å². The number of nitrogens with two attached hydrogens (primary N) is 1. The Labute approximate surface area is 152 Å². The summed E-state index contributed by atoms with van der Waals surface area (Å²) < 4.78 is 12.3. The molecule has 0 fully saturated rings. The highest BCUT2D eigenvalue weighted by molar-refractivity contribution is 7.13. The molecule has 0 spiro atoms. The highest BCUT2D eigenvalue weighted by Gasteiger charge is 2.36. The van der Waals surface area contributed by atoms with Crippen molar-refractivity contribution in [2.24, 2.45) is 12.8 Å². The van der Waals surface area contributed by atoms with Crippen molar-refractivity contribution in [1.29, 1.82) is 0 Å². The van der Waals surface area contributed by atoms with Crippen LogP contribution in [0.5, 0.6) is 0 Å². The Kier molecular flexibility index (Phi) is 4.29. The smallest absolute Gasteiger partial charge is 0.335 e. The number of rotatable bonds is 3. The predicted molar refractivity (Wildman–Crippen MR) is 98.8 cm³/mol. The van der Waals surface area contributed by atoms with E-state index >= 15 is 0 Å². The minimum atomic E-state index is -1.45. The van der Waals surface area contributed by atoms with E-state index in [1.807, 2.05) is 0 Å². The van der Waals surface area contributed by atoms with Gasteiger partial charge < -0.3 is 15.0 Å². The number of hydrogen-bond acceptors (Lipinski definition) is 7. The molecule has 2 N–H and O–H groups in total. The van der Waals surface area contributed by atoms with Gasteiger partial charge in [0.05, 0.1) is 23.2 Å². The average Bonchev–Trinajstić information content (AvgIpc) is 3.03. The molecule has 0 bridgehead atoms. The second-order valence-corrected chi connectivity index (χ2v) is 7.01. The maximum Gasteiger partial charge on any atom is 0.335 e. The first-order chi connectivity index (χ1) is 12.2. The second-order valence-electron chi connectivity index (χ2n) is 6.21. The minimum Gasteiger partial charge on any atom is -0.467 e. The summed E-state index contributed by atoms with van der Waals surface area (Å²) in [5.74, 6) is -0.626. The average molecular weight is 374 g/mol. The van der Waals surface area contributed by atoms with E-state index in [0.29, 0.717) is 22.5 Å². The van der Waals surface area contributed by atoms with Gasteiger partial charge in [-0.05, 0) is 43.6 Å². The zero-order valence-electron chi connectivity index (χ0n) is 14.8. The number of aryl methyl sites for hydroxylation is 1. The van der Waals surface area contributed by atoms with Gasteiger partial charge in [0.1, 0.15) is 0 Å². The summed E-state index contributed by atoms with van der Waals surface area (Å²) in [4.78, 5) is 36.9. The molecule has 8 nitrogen and oxygen atoms in total. The van der Waals surface area contributed by atoms with Crippen LogP contribution in [-0.2, 0) is 22.1 Å². The molecule has 0 saturated carbocycles. The zero-order chi connectivity index (χ0) is 19.2. The number of ether oxygens (including phenoxy) is 1. The molecule has 2 heterocycles. The topological polar surface area (TPSA) is 109 Å². The number of hydrogen-bond donors (Lipinski definition) is 1. The van der Waals surface area contributed by atoms with Gasteiger partial charge in [0.15, 0.2) is 5.54 Å². The van der Waals surface area contributed by atoms with E-state index < -0.39 is 22.8 Å². The molecule has 136 valence electrons. The number of benzene rings is 1. The predicted octanol–water partition coefficient (Wildman–Crippen LogP) is 0.801. The fraction of sp³-hybridized carbons (Fsp3) is 0.294. The van der Waals surface area contributed by atoms with Crippen LogP contribution >= 0.6 is 11.5 Å². The molecular weight excluding hydrogens is 356 g/mol. The maximum atomic E-state index is 12.5. The van der Waals surface area contributed by atoms with E-state index in [9.17, 15) is 14.4 Å². The van der Waals surface area contributed by atoms with E-state index in [0.717, 1.165) is 9.27 Å². The van der Waals surface area contributed by atoms with Crippen molar-refractivity contribution in [2.45, 2.75) is 19.4 Å². The standard InChI is InChI=1S/C17H18N4O4S/c1-9-7-13(22)21(16(24)20(9)3)10-5-6-12-11(8-10)14(19-26-12)17(2,18)15(23)25-4/h5-8H,18H2,1-4H3. The van der Waals surface area contributed by atoms with Crippen LogP contribution in [0, 0.1) is 6.92 Å². The van der Waals surface area contributed by atoms with Crippen molar-refractivity contribution in [3.05, 3.63) is 56.5 Å². The lowest BCUT2D eigenvalue weighted by molar-refractivity contribution is -0.146. The molecule has 3 rings (SSSR count). The molecule has 3 aromatic rings. The number of carbonyl (C=O) groups is 1. The number of fused-ring (bicyclic) bond motifs is 1. The van der Waals surface area contributed by atoms with Gasteiger partial charge in [0.25, 0.3) is 5.56 Å². The van der Waals surface area contributed by atoms with Crippen molar-refractivity contribution >= 4 is 27.6 Å². The van der Waals surface area contributed by atoms with Crippen LogP contribution < -0.4 is 17.0 Å². The molecule has 0 aliphatic carbocycles. The molecule has 1 aromatic carbocycles. The van der Waals surface area contributed by atoms with Crippen LogP contribution in [0.3, 0.4) is 0 Å². The maximum absolute atomic E-state index is 12.5. The highest BCUT2D eigenvalue weighted by Crippen LogP contribution is 2.31. The van der Waals surface area contributed by atoms with Crippen LogP contribution in [0.4, 0.5) is 0 Å². The van der Waals surface area contributed by atoms with Gasteiger partial charge >= 0.3 is 11.7 Å². The first kappa shape index (κ1) is 18.0. The zero-order valence-corrected chi connectivity index (χ0v) is 15.6. The molecule has 0 radical (unpaired) electrons. The SMILES string of the molecule is COC(=O)C(C)(N)c1nsc2ccc(-n3c(=O)cc(C)n(C)c3=O)cc12. The summed E-state index contributed by atoms with van der Waals surface area (Å²) >= 11 is 1.18. The van der Waals surface area contributed by atoms with Gasteiger partial charge in [-0.1, -0.05) is 0 Å². The van der Waals surface area contributed by atoms with Crippen LogP contribution in [0.1, 0.15) is 18.3 Å². The molecule has 26 heavy (non-hydrogen) atoms. The molecule has 0 aliphatic heterocycles. The summed E-state index contributed by atoms with van der Waals surface area (Å²) in [7, 11) is 2.85. The van der Waals surface area contributed by atoms with Crippen molar-refractivity contribution in [3.8, 4) is 5.69 Å². The number of aromatic nitrogens is 3. The minimum absolute atomic E-state index is 0.336. The van der Waals surface area contributed by atoms with Crippen LogP contribution in [-0.4, -0.2) is 26.6 Å². The van der Waals surface area contributed by atoms with Gasteiger partial charge in [-0.3, -0.25) is 4.79 Å². The van der Waals surface area contributed by atoms with Crippen molar-refractivity contribution in [1.82, 2.24) is 13.5 Å². The fourth-order valence-corrected chi connectivity index (χ4v) is 3.58. The van der Waals surface area contributed by atoms with Gasteiger partial charge in [-0.25, -0.2) is 14.2 Å². The number of nitrogens with zero attached hydrogens (tertiary/aromatic N) is 3. The summed E-state index contributed by atoms with van der Waals surface area (Å²) in [6, 6.07) is 6.43. The van der Waals surface area contributed by atoms with Crippen LogP contribution in [0.15, 0.2) is 33.9 Å². The van der Waals surface area contributed by atoms with Gasteiger partial charge in [-0.2, -0.15) is 4.37 Å². The lowest BCUT2D eigenvalue weighted by atomic mass is 9.96. The number of esters is 1. The van der Waals surface area contributed by atoms with Crippen molar-refractivity contribution in [2.75, 3.05) is 7.11 Å². The van der Waals surface area contributed by atoms with E-state index in [1.165, 1.54) is 36.2 Å². The Balaban J connectivity index is 2.28. The molecule has 9 heteroatoms. The molecule has 0 saturated heterocycles. The van der Waals surface area contributed by atoms with Gasteiger partial charge in [-0.15, -0.1) is 0 Å². The lowest BCUT2D eigenvalue weighted by Gasteiger charge is -2.19. The monoisotopic (exact) mass is 374 g/mol. The van der Waals surface area contributed by atoms with Gasteiger partial charge in [0.2, 0.25) is 0 Å². The van der Waals surface area contributed by atoms with E-state index in [2.05, 4.69) is 4.37 Å². The third-order valence-corrected chi connectivity index (χ3v) is 5.20. The summed E-state index contributed by atoms with van der Waals surface area (Å²) in [6.07, 6.45) is 0. The molecule has 0 aliphatic rings. The fourth-order valence-electron chi connectivity index (χ4n) is 2.72. The molecule has 2 aromatic heterocycles. The normalized spacial score (nSPS) is 13.6. The van der Waals surface area contributed by atoms with E-state index in [-0.39, 0.29) is 0 Å². The van der Waals surface area contributed by atoms with Crippen LogP contribution in [0.2, 0.25) is 0 Å². The Morgan fingerprint density at radius 2 is 2.00 bits per heavy atom. The lowest BCUT2D eigenvalue weighted by Crippen LogP contribution is -2.43. The Hall–Kier alpha value is -2.78. The third-order valence-electron chi connectivity index (χ3n) is 4.37. The second kappa shape index (κ2) is 6.19. The highest BCUT2D eigenvalue weighted by atomic mass is 32.1. The van der Waals surface area contributed by atoms with Gasteiger partial charge in [0, 0.05) is 24.2 Å². The largest absolute Gasteiger partial charge is 0.467 e. The van der Waals surface area contributed by atoms with E-state index in [4.69, 9.17) is 10.5 Å². The molecule has 0 amide bonds. The quantitative estimate of drug-likeness (QED) is 0.679. The third kappa shape index (κ3) is 2.65. The van der Waals surface area contributed by atoms with Crippen molar-refractivity contribution < 1.29 is 9.53 Å². The van der Waals surface area contributed by atoms with Crippen molar-refractivity contribution in [3.63, 3.8) is 0 Å². The summed E-state index contributed by atoms with van der Waals surface area (Å²) in [6.45, 7) is 3.20. The molecular formula is C17H18N4O4S. The Morgan fingerprint density at radius 1 is 1.31 bits per heavy atom. The first-order valence-electron chi connectivity index (χ1n) is 7.75. The number of methoxy groups -OCH3 is 1. The Bertz CT molecular complexity index is 1140. The first-order valence-corrected chi connectivity index (χ1v) is 8.53. The summed E-state index contributed by atoms with van der Waals surface area (Å²) in [5, 5.41) is 0.595.